The third kappa shape index (κ3) is 3.25. The summed E-state index contributed by atoms with van der Waals surface area (Å²) >= 11 is 7.49. The molecule has 0 radical (unpaired) electrons. The largest absolute Gasteiger partial charge is 0.326 e. The summed E-state index contributed by atoms with van der Waals surface area (Å²) in [6.45, 7) is 1.35. The zero-order chi connectivity index (χ0) is 17.3. The fraction of sp³-hybridized carbons (Fsp3) is 0.0588. The third-order valence-corrected chi connectivity index (χ3v) is 4.95. The van der Waals surface area contributed by atoms with E-state index >= 15 is 0 Å². The summed E-state index contributed by atoms with van der Waals surface area (Å²) < 4.78 is 14.8. The number of fused-ring (bicyclic) bond motifs is 1. The van der Waals surface area contributed by atoms with Gasteiger partial charge in [-0.25, -0.2) is 4.39 Å². The molecule has 2 aromatic carbocycles. The highest BCUT2D eigenvalue weighted by Crippen LogP contribution is 2.35. The molecule has 1 aromatic heterocycles. The monoisotopic (exact) mass is 362 g/mol. The van der Waals surface area contributed by atoms with Crippen molar-refractivity contribution in [1.82, 2.24) is 0 Å². The molecule has 1 heterocycles. The van der Waals surface area contributed by atoms with Crippen molar-refractivity contribution in [2.75, 3.05) is 10.6 Å². The molecule has 0 spiro atoms. The number of thiophene rings is 1. The van der Waals surface area contributed by atoms with Crippen LogP contribution in [0.15, 0.2) is 42.5 Å². The van der Waals surface area contributed by atoms with Crippen LogP contribution in [-0.4, -0.2) is 11.8 Å². The predicted molar refractivity (Wildman–Crippen MR) is 95.5 cm³/mol. The zero-order valence-electron chi connectivity index (χ0n) is 12.5. The molecular weight excluding hydrogens is 351 g/mol. The van der Waals surface area contributed by atoms with E-state index in [0.717, 1.165) is 10.1 Å². The van der Waals surface area contributed by atoms with E-state index in [9.17, 15) is 14.0 Å². The fourth-order valence-corrected chi connectivity index (χ4v) is 3.65. The number of nitrogens with one attached hydrogen (secondary N) is 2. The minimum atomic E-state index is -0.602. The molecule has 7 heteroatoms. The second-order valence-electron chi connectivity index (χ2n) is 5.07. The molecule has 2 amide bonds. The van der Waals surface area contributed by atoms with Crippen molar-refractivity contribution >= 4 is 56.2 Å². The minimum absolute atomic E-state index is 0.0280. The molecule has 0 aliphatic carbocycles. The van der Waals surface area contributed by atoms with Crippen LogP contribution in [0.3, 0.4) is 0 Å². The Hall–Kier alpha value is -2.44. The van der Waals surface area contributed by atoms with Gasteiger partial charge in [0.1, 0.15) is 10.7 Å². The lowest BCUT2D eigenvalue weighted by atomic mass is 10.2. The van der Waals surface area contributed by atoms with Crippen LogP contribution in [0.4, 0.5) is 15.8 Å². The fourth-order valence-electron chi connectivity index (χ4n) is 2.24. The van der Waals surface area contributed by atoms with Crippen LogP contribution in [0.25, 0.3) is 10.1 Å². The molecule has 0 aliphatic rings. The number of carbonyl (C=O) groups excluding carboxylic acids is 2. The molecule has 3 rings (SSSR count). The first-order valence-electron chi connectivity index (χ1n) is 7.01. The standard InChI is InChI=1S/C17H12ClFN2O2S/c1-9(22)20-10-6-7-12(19)13(8-10)21-17(23)16-15(18)11-4-2-3-5-14(11)24-16/h2-8H,1H3,(H,20,22)(H,21,23). The van der Waals surface area contributed by atoms with E-state index in [1.165, 1.54) is 36.5 Å². The number of anilines is 2. The van der Waals surface area contributed by atoms with Crippen LogP contribution in [0.1, 0.15) is 16.6 Å². The van der Waals surface area contributed by atoms with E-state index in [4.69, 9.17) is 11.6 Å². The number of rotatable bonds is 3. The highest BCUT2D eigenvalue weighted by molar-refractivity contribution is 7.21. The van der Waals surface area contributed by atoms with Crippen molar-refractivity contribution in [1.29, 1.82) is 0 Å². The summed E-state index contributed by atoms with van der Waals surface area (Å²) in [5.41, 5.74) is 0.362. The van der Waals surface area contributed by atoms with Crippen LogP contribution < -0.4 is 10.6 Å². The van der Waals surface area contributed by atoms with Gasteiger partial charge in [0.25, 0.3) is 5.91 Å². The van der Waals surface area contributed by atoms with Crippen LogP contribution in [0.2, 0.25) is 5.02 Å². The second kappa shape index (κ2) is 6.59. The van der Waals surface area contributed by atoms with Crippen molar-refractivity contribution in [2.45, 2.75) is 6.92 Å². The van der Waals surface area contributed by atoms with Gasteiger partial charge in [0.2, 0.25) is 5.91 Å². The summed E-state index contributed by atoms with van der Waals surface area (Å²) in [4.78, 5) is 23.8. The summed E-state index contributed by atoms with van der Waals surface area (Å²) in [5.74, 6) is -1.39. The van der Waals surface area contributed by atoms with E-state index in [0.29, 0.717) is 15.6 Å². The molecule has 24 heavy (non-hydrogen) atoms. The average Bonchev–Trinajstić information content (AvgIpc) is 2.88. The van der Waals surface area contributed by atoms with Gasteiger partial charge >= 0.3 is 0 Å². The number of amides is 2. The Bertz CT molecular complexity index is 955. The van der Waals surface area contributed by atoms with E-state index in [1.54, 1.807) is 0 Å². The van der Waals surface area contributed by atoms with Gasteiger partial charge in [-0.3, -0.25) is 9.59 Å². The van der Waals surface area contributed by atoms with Gasteiger partial charge in [-0.2, -0.15) is 0 Å². The average molecular weight is 363 g/mol. The van der Waals surface area contributed by atoms with Crippen LogP contribution in [0.5, 0.6) is 0 Å². The highest BCUT2D eigenvalue weighted by atomic mass is 35.5. The first kappa shape index (κ1) is 16.4. The van der Waals surface area contributed by atoms with Gasteiger partial charge in [-0.15, -0.1) is 11.3 Å². The molecule has 0 bridgehead atoms. The van der Waals surface area contributed by atoms with Crippen molar-refractivity contribution < 1.29 is 14.0 Å². The van der Waals surface area contributed by atoms with E-state index in [-0.39, 0.29) is 11.6 Å². The van der Waals surface area contributed by atoms with Gasteiger partial charge in [0.05, 0.1) is 10.7 Å². The summed E-state index contributed by atoms with van der Waals surface area (Å²) in [6.07, 6.45) is 0. The number of halogens is 2. The topological polar surface area (TPSA) is 58.2 Å². The highest BCUT2D eigenvalue weighted by Gasteiger charge is 2.18. The normalized spacial score (nSPS) is 10.6. The molecule has 0 saturated carbocycles. The lowest BCUT2D eigenvalue weighted by Gasteiger charge is -2.08. The maximum Gasteiger partial charge on any atom is 0.267 e. The first-order chi connectivity index (χ1) is 11.5. The Balaban J connectivity index is 1.91. The van der Waals surface area contributed by atoms with Crippen LogP contribution in [0, 0.1) is 5.82 Å². The van der Waals surface area contributed by atoms with Crippen LogP contribution in [-0.2, 0) is 4.79 Å². The van der Waals surface area contributed by atoms with Crippen molar-refractivity contribution in [3.05, 3.63) is 58.2 Å². The minimum Gasteiger partial charge on any atom is -0.326 e. The van der Waals surface area contributed by atoms with Crippen molar-refractivity contribution in [3.8, 4) is 0 Å². The number of hydrogen-bond donors (Lipinski definition) is 2. The van der Waals surface area contributed by atoms with E-state index in [2.05, 4.69) is 10.6 Å². The van der Waals surface area contributed by atoms with Crippen molar-refractivity contribution in [3.63, 3.8) is 0 Å². The Morgan fingerprint density at radius 2 is 1.88 bits per heavy atom. The Kier molecular flexibility index (Phi) is 4.51. The molecular formula is C17H12ClFN2O2S. The maximum absolute atomic E-state index is 13.9. The number of hydrogen-bond acceptors (Lipinski definition) is 3. The number of carbonyl (C=O) groups is 2. The van der Waals surface area contributed by atoms with Gasteiger partial charge in [0, 0.05) is 22.7 Å². The summed E-state index contributed by atoms with van der Waals surface area (Å²) in [6, 6.07) is 11.3. The summed E-state index contributed by atoms with van der Waals surface area (Å²) in [5, 5.41) is 6.16. The Labute approximate surface area is 146 Å². The molecule has 0 aliphatic heterocycles. The molecule has 122 valence electrons. The van der Waals surface area contributed by atoms with E-state index < -0.39 is 11.7 Å². The van der Waals surface area contributed by atoms with Gasteiger partial charge < -0.3 is 10.6 Å². The number of benzene rings is 2. The van der Waals surface area contributed by atoms with Gasteiger partial charge in [-0.1, -0.05) is 29.8 Å². The quantitative estimate of drug-likeness (QED) is 0.695. The third-order valence-electron chi connectivity index (χ3n) is 3.28. The smallest absolute Gasteiger partial charge is 0.267 e. The molecule has 3 aromatic rings. The molecule has 0 saturated heterocycles. The second-order valence-corrected chi connectivity index (χ2v) is 6.50. The first-order valence-corrected chi connectivity index (χ1v) is 8.20. The molecule has 2 N–H and O–H groups in total. The molecule has 0 fully saturated rings. The molecule has 0 atom stereocenters. The Morgan fingerprint density at radius 1 is 1.12 bits per heavy atom. The van der Waals surface area contributed by atoms with E-state index in [1.807, 2.05) is 24.3 Å². The Morgan fingerprint density at radius 3 is 2.58 bits per heavy atom. The zero-order valence-corrected chi connectivity index (χ0v) is 14.1. The van der Waals surface area contributed by atoms with Crippen LogP contribution >= 0.6 is 22.9 Å². The molecule has 0 unspecified atom stereocenters. The lowest BCUT2D eigenvalue weighted by Crippen LogP contribution is -2.13. The van der Waals surface area contributed by atoms with Gasteiger partial charge in [0.15, 0.2) is 0 Å². The molecule has 4 nitrogen and oxygen atoms in total. The summed E-state index contributed by atoms with van der Waals surface area (Å²) in [7, 11) is 0. The maximum atomic E-state index is 13.9. The predicted octanol–water partition coefficient (Wildman–Crippen LogP) is 4.90. The SMILES string of the molecule is CC(=O)Nc1ccc(F)c(NC(=O)c2sc3ccccc3c2Cl)c1. The lowest BCUT2D eigenvalue weighted by molar-refractivity contribution is -0.114. The van der Waals surface area contributed by atoms with Gasteiger partial charge in [-0.05, 0) is 24.3 Å². The van der Waals surface area contributed by atoms with Crippen molar-refractivity contribution in [2.24, 2.45) is 0 Å².